The van der Waals surface area contributed by atoms with Crippen LogP contribution in [0.5, 0.6) is 0 Å². The van der Waals surface area contributed by atoms with Crippen molar-refractivity contribution in [3.05, 3.63) is 71.3 Å². The van der Waals surface area contributed by atoms with Crippen LogP contribution in [-0.2, 0) is 14.4 Å². The van der Waals surface area contributed by atoms with Crippen LogP contribution in [0.1, 0.15) is 18.1 Å². The van der Waals surface area contributed by atoms with Gasteiger partial charge in [0.2, 0.25) is 0 Å². The Bertz CT molecular complexity index is 879. The minimum absolute atomic E-state index is 0.0749. The first-order valence-corrected chi connectivity index (χ1v) is 9.01. The number of amides is 1. The van der Waals surface area contributed by atoms with Gasteiger partial charge in [-0.1, -0.05) is 42.1 Å². The molecule has 5 nitrogen and oxygen atoms in total. The molecule has 0 saturated carbocycles. The number of carbonyl (C=O) groups excluding carboxylic acids is 1. The molecule has 0 aromatic heterocycles. The number of hydrazone groups is 1. The van der Waals surface area contributed by atoms with E-state index in [1.54, 1.807) is 37.3 Å². The highest BCUT2D eigenvalue weighted by molar-refractivity contribution is 8.15. The van der Waals surface area contributed by atoms with E-state index in [2.05, 4.69) is 5.10 Å². The highest BCUT2D eigenvalue weighted by atomic mass is 32.2. The second-order valence-electron chi connectivity index (χ2n) is 5.97. The molecule has 1 N–H and O–H groups in total. The van der Waals surface area contributed by atoms with Crippen molar-refractivity contribution in [3.63, 3.8) is 0 Å². The number of ether oxygens (including phenoxy) is 1. The molecule has 3 rings (SSSR count). The van der Waals surface area contributed by atoms with Gasteiger partial charge in [0.1, 0.15) is 22.8 Å². The first-order chi connectivity index (χ1) is 12.9. The molecule has 0 bridgehead atoms. The van der Waals surface area contributed by atoms with Crippen LogP contribution < -0.4 is 0 Å². The number of aliphatic hydroxyl groups excluding tert-OH is 1. The zero-order valence-electron chi connectivity index (χ0n) is 14.7. The molecule has 1 aliphatic rings. The summed E-state index contributed by atoms with van der Waals surface area (Å²) < 4.78 is 33.0. The van der Waals surface area contributed by atoms with Crippen LogP contribution in [0.2, 0.25) is 0 Å². The number of rotatable bonds is 5. The Morgan fingerprint density at radius 3 is 2.63 bits per heavy atom. The van der Waals surface area contributed by atoms with Gasteiger partial charge in [-0.25, -0.2) is 13.8 Å². The quantitative estimate of drug-likeness (QED) is 0.850. The van der Waals surface area contributed by atoms with E-state index in [1.807, 2.05) is 0 Å². The zero-order valence-corrected chi connectivity index (χ0v) is 15.5. The maximum Gasteiger partial charge on any atom is 0.273 e. The van der Waals surface area contributed by atoms with E-state index < -0.39 is 35.1 Å². The van der Waals surface area contributed by atoms with Gasteiger partial charge < -0.3 is 9.84 Å². The number of nitrogens with zero attached hydrogens (tertiary/aromatic N) is 2. The van der Waals surface area contributed by atoms with Crippen LogP contribution in [0.25, 0.3) is 0 Å². The number of thioether (sulfide) groups is 1. The maximum absolute atomic E-state index is 14.3. The van der Waals surface area contributed by atoms with Crippen molar-refractivity contribution in [2.75, 3.05) is 13.7 Å². The summed E-state index contributed by atoms with van der Waals surface area (Å²) in [4.78, 5) is 11.5. The lowest BCUT2D eigenvalue weighted by molar-refractivity contribution is -0.145. The number of carbonyl (C=O) groups is 1. The second kappa shape index (κ2) is 7.75. The summed E-state index contributed by atoms with van der Waals surface area (Å²) in [5.41, 5.74) is 0.527. The van der Waals surface area contributed by atoms with Gasteiger partial charge in [-0.3, -0.25) is 4.79 Å². The Kier molecular flexibility index (Phi) is 5.59. The summed E-state index contributed by atoms with van der Waals surface area (Å²) in [7, 11) is 1.38. The third-order valence-corrected chi connectivity index (χ3v) is 5.68. The third kappa shape index (κ3) is 3.47. The molecular formula is C19H18F2N2O3S. The molecule has 1 heterocycles. The molecule has 27 heavy (non-hydrogen) atoms. The van der Waals surface area contributed by atoms with Crippen LogP contribution in [0.4, 0.5) is 8.78 Å². The monoisotopic (exact) mass is 392 g/mol. The summed E-state index contributed by atoms with van der Waals surface area (Å²) in [5.74, 6) is -1.80. The normalized spacial score (nSPS) is 20.5. The van der Waals surface area contributed by atoms with E-state index in [1.165, 1.54) is 7.11 Å². The van der Waals surface area contributed by atoms with Crippen molar-refractivity contribution in [3.8, 4) is 0 Å². The van der Waals surface area contributed by atoms with Gasteiger partial charge in [-0.15, -0.1) is 0 Å². The molecule has 1 amide bonds. The van der Waals surface area contributed by atoms with Crippen molar-refractivity contribution in [2.45, 2.75) is 17.9 Å². The molecule has 2 atom stereocenters. The van der Waals surface area contributed by atoms with E-state index in [4.69, 9.17) is 4.74 Å². The molecular weight excluding hydrogens is 374 g/mol. The minimum Gasteiger partial charge on any atom is -0.393 e. The van der Waals surface area contributed by atoms with Gasteiger partial charge in [-0.2, -0.15) is 5.10 Å². The summed E-state index contributed by atoms with van der Waals surface area (Å²) >= 11 is 0.994. The lowest BCUT2D eigenvalue weighted by atomic mass is 10.1. The van der Waals surface area contributed by atoms with Gasteiger partial charge in [0.25, 0.3) is 5.91 Å². The van der Waals surface area contributed by atoms with Crippen LogP contribution in [0.3, 0.4) is 0 Å². The fourth-order valence-electron chi connectivity index (χ4n) is 2.74. The van der Waals surface area contributed by atoms with E-state index in [-0.39, 0.29) is 10.6 Å². The molecule has 0 fully saturated rings. The fraction of sp³-hybridized carbons (Fsp3) is 0.263. The Hall–Kier alpha value is -2.29. The van der Waals surface area contributed by atoms with E-state index in [9.17, 15) is 18.7 Å². The van der Waals surface area contributed by atoms with E-state index in [0.717, 1.165) is 35.0 Å². The topological polar surface area (TPSA) is 62.1 Å². The molecule has 2 aromatic rings. The Labute approximate surface area is 159 Å². The Morgan fingerprint density at radius 1 is 1.30 bits per heavy atom. The summed E-state index contributed by atoms with van der Waals surface area (Å²) in [5, 5.41) is 15.7. The standard InChI is InChI=1S/C19H18F2N2O3S/c1-12(26-2)18(25)23-19(11-24,13-6-4-3-5-7-13)27-17(22-23)15-10-14(20)8-9-16(15)21/h3-10,12,24H,11H2,1-2H3/t12-,19-/m0/s1. The second-order valence-corrected chi connectivity index (χ2v) is 7.23. The summed E-state index contributed by atoms with van der Waals surface area (Å²) in [6.45, 7) is 1.07. The van der Waals surface area contributed by atoms with E-state index >= 15 is 0 Å². The highest BCUT2D eigenvalue weighted by Gasteiger charge is 2.49. The lowest BCUT2D eigenvalue weighted by Gasteiger charge is -2.35. The molecule has 8 heteroatoms. The lowest BCUT2D eigenvalue weighted by Crippen LogP contribution is -2.47. The Balaban J connectivity index is 2.14. The first-order valence-electron chi connectivity index (χ1n) is 8.19. The average molecular weight is 392 g/mol. The average Bonchev–Trinajstić information content (AvgIpc) is 3.10. The summed E-state index contributed by atoms with van der Waals surface area (Å²) in [6.07, 6.45) is -0.833. The van der Waals surface area contributed by atoms with Crippen molar-refractivity contribution in [2.24, 2.45) is 5.10 Å². The van der Waals surface area contributed by atoms with E-state index in [0.29, 0.717) is 5.56 Å². The molecule has 142 valence electrons. The molecule has 0 radical (unpaired) electrons. The first kappa shape index (κ1) is 19.5. The van der Waals surface area contributed by atoms with Crippen molar-refractivity contribution >= 4 is 22.7 Å². The molecule has 0 spiro atoms. The number of hydrogen-bond acceptors (Lipinski definition) is 5. The van der Waals surface area contributed by atoms with Gasteiger partial charge in [-0.05, 0) is 30.7 Å². The van der Waals surface area contributed by atoms with Gasteiger partial charge >= 0.3 is 0 Å². The van der Waals surface area contributed by atoms with Gasteiger partial charge in [0.05, 0.1) is 6.61 Å². The van der Waals surface area contributed by atoms with Gasteiger partial charge in [0, 0.05) is 12.7 Å². The maximum atomic E-state index is 14.3. The third-order valence-electron chi connectivity index (χ3n) is 4.31. The fourth-order valence-corrected chi connectivity index (χ4v) is 3.98. The van der Waals surface area contributed by atoms with Crippen molar-refractivity contribution in [1.29, 1.82) is 0 Å². The van der Waals surface area contributed by atoms with Gasteiger partial charge in [0.15, 0.2) is 4.87 Å². The van der Waals surface area contributed by atoms with Crippen LogP contribution in [-0.4, -0.2) is 40.9 Å². The smallest absolute Gasteiger partial charge is 0.273 e. The van der Waals surface area contributed by atoms with Crippen LogP contribution in [0.15, 0.2) is 53.6 Å². The Morgan fingerprint density at radius 2 is 2.00 bits per heavy atom. The van der Waals surface area contributed by atoms with Crippen molar-refractivity contribution < 1.29 is 23.4 Å². The minimum atomic E-state index is -1.31. The number of hydrogen-bond donors (Lipinski definition) is 1. The van der Waals surface area contributed by atoms with Crippen LogP contribution >= 0.6 is 11.8 Å². The molecule has 2 aromatic carbocycles. The number of aliphatic hydroxyl groups is 1. The number of halogens is 2. The largest absolute Gasteiger partial charge is 0.393 e. The predicted molar refractivity (Wildman–Crippen MR) is 99.0 cm³/mol. The molecule has 0 unspecified atom stereocenters. The SMILES string of the molecule is CO[C@@H](C)C(=O)N1N=C(c2cc(F)ccc2F)S[C@@]1(CO)c1ccccc1. The summed E-state index contributed by atoms with van der Waals surface area (Å²) in [6, 6.07) is 11.8. The molecule has 0 aliphatic carbocycles. The van der Waals surface area contributed by atoms with Crippen molar-refractivity contribution in [1.82, 2.24) is 5.01 Å². The molecule has 0 saturated heterocycles. The van der Waals surface area contributed by atoms with Crippen LogP contribution in [0, 0.1) is 11.6 Å². The highest BCUT2D eigenvalue weighted by Crippen LogP contribution is 2.47. The number of methoxy groups -OCH3 is 1. The number of benzene rings is 2. The predicted octanol–water partition coefficient (Wildman–Crippen LogP) is 3.08. The molecule has 1 aliphatic heterocycles. The zero-order chi connectivity index (χ0) is 19.6.